The van der Waals surface area contributed by atoms with Gasteiger partial charge in [-0.1, -0.05) is 12.1 Å². The van der Waals surface area contributed by atoms with Gasteiger partial charge >= 0.3 is 0 Å². The molecule has 0 atom stereocenters. The second-order valence-electron chi connectivity index (χ2n) is 3.88. The highest BCUT2D eigenvalue weighted by molar-refractivity contribution is 5.73. The van der Waals surface area contributed by atoms with Crippen molar-refractivity contribution in [1.82, 2.24) is 0 Å². The third-order valence-corrected chi connectivity index (χ3v) is 2.42. The van der Waals surface area contributed by atoms with Gasteiger partial charge in [-0.25, -0.2) is 0 Å². The average molecular weight is 231 g/mol. The van der Waals surface area contributed by atoms with Crippen LogP contribution >= 0.6 is 0 Å². The van der Waals surface area contributed by atoms with Crippen molar-refractivity contribution in [3.05, 3.63) is 29.8 Å². The van der Waals surface area contributed by atoms with Crippen molar-refractivity contribution in [1.29, 1.82) is 5.26 Å². The van der Waals surface area contributed by atoms with Gasteiger partial charge in [0, 0.05) is 18.7 Å². The number of carbonyl (C=O) groups is 1. The van der Waals surface area contributed by atoms with Crippen LogP contribution in [-0.4, -0.2) is 12.5 Å². The van der Waals surface area contributed by atoms with Crippen LogP contribution in [0, 0.1) is 11.3 Å². The van der Waals surface area contributed by atoms with Gasteiger partial charge < -0.3 is 11.1 Å². The number of nitrogens with two attached hydrogens (primary N) is 1. The lowest BCUT2D eigenvalue weighted by Crippen LogP contribution is -2.10. The third kappa shape index (κ3) is 5.57. The van der Waals surface area contributed by atoms with E-state index >= 15 is 0 Å². The normalized spacial score (nSPS) is 9.59. The second-order valence-corrected chi connectivity index (χ2v) is 3.88. The minimum atomic E-state index is -0.245. The fourth-order valence-corrected chi connectivity index (χ4v) is 1.49. The van der Waals surface area contributed by atoms with Gasteiger partial charge in [0.1, 0.15) is 0 Å². The highest BCUT2D eigenvalue weighted by Crippen LogP contribution is 2.10. The molecule has 0 aliphatic rings. The van der Waals surface area contributed by atoms with Crippen molar-refractivity contribution in [3.63, 3.8) is 0 Å². The number of nitriles is 1. The molecule has 0 spiro atoms. The van der Waals surface area contributed by atoms with Crippen LogP contribution in [0.1, 0.15) is 24.8 Å². The molecule has 0 bridgehead atoms. The first-order chi connectivity index (χ1) is 8.22. The number of hydrogen-bond acceptors (Lipinski definition) is 3. The molecule has 0 aromatic heterocycles. The number of rotatable bonds is 7. The van der Waals surface area contributed by atoms with E-state index in [9.17, 15) is 4.79 Å². The Bertz CT molecular complexity index is 392. The van der Waals surface area contributed by atoms with Crippen LogP contribution in [0.5, 0.6) is 0 Å². The zero-order valence-electron chi connectivity index (χ0n) is 9.78. The predicted octanol–water partition coefficient (Wildman–Crippen LogP) is 1.82. The SMILES string of the molecule is N#CCc1ccc(NCCCCC(N)=O)cc1. The van der Waals surface area contributed by atoms with Gasteiger partial charge in [-0.3, -0.25) is 4.79 Å². The molecule has 3 N–H and O–H groups in total. The van der Waals surface area contributed by atoms with Crippen LogP contribution < -0.4 is 11.1 Å². The minimum Gasteiger partial charge on any atom is -0.385 e. The monoisotopic (exact) mass is 231 g/mol. The van der Waals surface area contributed by atoms with Gasteiger partial charge in [0.05, 0.1) is 12.5 Å². The first-order valence-electron chi connectivity index (χ1n) is 5.70. The fraction of sp³-hybridized carbons (Fsp3) is 0.385. The first-order valence-corrected chi connectivity index (χ1v) is 5.70. The molecule has 0 unspecified atom stereocenters. The van der Waals surface area contributed by atoms with Crippen molar-refractivity contribution >= 4 is 11.6 Å². The molecule has 0 aliphatic heterocycles. The van der Waals surface area contributed by atoms with Gasteiger partial charge in [-0.2, -0.15) is 5.26 Å². The van der Waals surface area contributed by atoms with Gasteiger partial charge in [-0.15, -0.1) is 0 Å². The summed E-state index contributed by atoms with van der Waals surface area (Å²) in [4.78, 5) is 10.5. The summed E-state index contributed by atoms with van der Waals surface area (Å²) in [6, 6.07) is 9.91. The Balaban J connectivity index is 2.23. The number of primary amides is 1. The lowest BCUT2D eigenvalue weighted by Gasteiger charge is -2.06. The molecular weight excluding hydrogens is 214 g/mol. The summed E-state index contributed by atoms with van der Waals surface area (Å²) in [5.74, 6) is -0.245. The van der Waals surface area contributed by atoms with Crippen LogP contribution in [0.3, 0.4) is 0 Å². The molecule has 0 saturated carbocycles. The van der Waals surface area contributed by atoms with Crippen LogP contribution in [0.25, 0.3) is 0 Å². The molecule has 0 heterocycles. The lowest BCUT2D eigenvalue weighted by atomic mass is 10.1. The maximum absolute atomic E-state index is 10.5. The number of hydrogen-bond donors (Lipinski definition) is 2. The maximum atomic E-state index is 10.5. The van der Waals surface area contributed by atoms with Gasteiger partial charge in [-0.05, 0) is 30.5 Å². The molecular formula is C13H17N3O. The predicted molar refractivity (Wildman–Crippen MR) is 67.3 cm³/mol. The van der Waals surface area contributed by atoms with E-state index in [1.807, 2.05) is 24.3 Å². The smallest absolute Gasteiger partial charge is 0.217 e. The van der Waals surface area contributed by atoms with Gasteiger partial charge in [0.15, 0.2) is 0 Å². The summed E-state index contributed by atoms with van der Waals surface area (Å²) in [6.07, 6.45) is 2.62. The number of anilines is 1. The van der Waals surface area contributed by atoms with Crippen LogP contribution in [0.2, 0.25) is 0 Å². The highest BCUT2D eigenvalue weighted by Gasteiger charge is 1.96. The van der Waals surface area contributed by atoms with E-state index in [0.29, 0.717) is 12.8 Å². The van der Waals surface area contributed by atoms with Crippen molar-refractivity contribution in [3.8, 4) is 6.07 Å². The van der Waals surface area contributed by atoms with Crippen LogP contribution in [0.4, 0.5) is 5.69 Å². The Morgan fingerprint density at radius 1 is 1.29 bits per heavy atom. The van der Waals surface area contributed by atoms with Crippen LogP contribution in [-0.2, 0) is 11.2 Å². The average Bonchev–Trinajstić information content (AvgIpc) is 2.31. The molecule has 1 aromatic rings. The molecule has 17 heavy (non-hydrogen) atoms. The molecule has 0 fully saturated rings. The maximum Gasteiger partial charge on any atom is 0.217 e. The summed E-state index contributed by atoms with van der Waals surface area (Å²) in [5, 5.41) is 11.8. The number of benzene rings is 1. The van der Waals surface area contributed by atoms with E-state index in [0.717, 1.165) is 30.6 Å². The third-order valence-electron chi connectivity index (χ3n) is 2.42. The molecule has 4 nitrogen and oxygen atoms in total. The van der Waals surface area contributed by atoms with E-state index in [2.05, 4.69) is 11.4 Å². The lowest BCUT2D eigenvalue weighted by molar-refractivity contribution is -0.118. The van der Waals surface area contributed by atoms with Crippen molar-refractivity contribution in [2.45, 2.75) is 25.7 Å². The molecule has 0 radical (unpaired) electrons. The first kappa shape index (κ1) is 13.0. The molecule has 90 valence electrons. The van der Waals surface area contributed by atoms with Crippen molar-refractivity contribution in [2.75, 3.05) is 11.9 Å². The number of nitrogens with one attached hydrogen (secondary N) is 1. The zero-order chi connectivity index (χ0) is 12.5. The molecule has 1 aromatic carbocycles. The standard InChI is InChI=1S/C13H17N3O/c14-9-8-11-4-6-12(7-5-11)16-10-2-1-3-13(15)17/h4-7,16H,1-3,8,10H2,(H2,15,17). The number of amides is 1. The summed E-state index contributed by atoms with van der Waals surface area (Å²) >= 11 is 0. The fourth-order valence-electron chi connectivity index (χ4n) is 1.49. The van der Waals surface area contributed by atoms with Crippen molar-refractivity contribution in [2.24, 2.45) is 5.73 Å². The Morgan fingerprint density at radius 3 is 2.59 bits per heavy atom. The topological polar surface area (TPSA) is 78.9 Å². The number of carbonyl (C=O) groups excluding carboxylic acids is 1. The largest absolute Gasteiger partial charge is 0.385 e. The van der Waals surface area contributed by atoms with E-state index in [1.165, 1.54) is 0 Å². The summed E-state index contributed by atoms with van der Waals surface area (Å²) < 4.78 is 0. The van der Waals surface area contributed by atoms with E-state index in [1.54, 1.807) is 0 Å². The summed E-state index contributed by atoms with van der Waals surface area (Å²) in [5.41, 5.74) is 7.10. The van der Waals surface area contributed by atoms with Crippen molar-refractivity contribution < 1.29 is 4.79 Å². The Kier molecular flexibility index (Phi) is 5.59. The zero-order valence-corrected chi connectivity index (χ0v) is 9.78. The Labute approximate surface area is 101 Å². The minimum absolute atomic E-state index is 0.245. The summed E-state index contributed by atoms with van der Waals surface area (Å²) in [6.45, 7) is 0.824. The molecule has 0 saturated heterocycles. The molecule has 0 aliphatic carbocycles. The Morgan fingerprint density at radius 2 is 2.00 bits per heavy atom. The van der Waals surface area contributed by atoms with E-state index in [4.69, 9.17) is 11.0 Å². The van der Waals surface area contributed by atoms with Gasteiger partial charge in [0.25, 0.3) is 0 Å². The molecule has 1 amide bonds. The van der Waals surface area contributed by atoms with Gasteiger partial charge in [0.2, 0.25) is 5.91 Å². The quantitative estimate of drug-likeness (QED) is 0.702. The number of unbranched alkanes of at least 4 members (excludes halogenated alkanes) is 1. The van der Waals surface area contributed by atoms with Crippen LogP contribution in [0.15, 0.2) is 24.3 Å². The highest BCUT2D eigenvalue weighted by atomic mass is 16.1. The Hall–Kier alpha value is -2.02. The summed E-state index contributed by atoms with van der Waals surface area (Å²) in [7, 11) is 0. The molecule has 4 heteroatoms. The van der Waals surface area contributed by atoms with E-state index < -0.39 is 0 Å². The molecule has 1 rings (SSSR count). The second kappa shape index (κ2) is 7.29. The number of nitrogens with zero attached hydrogens (tertiary/aromatic N) is 1. The van der Waals surface area contributed by atoms with E-state index in [-0.39, 0.29) is 5.91 Å².